The Hall–Kier alpha value is -0.910. The quantitative estimate of drug-likeness (QED) is 0.754. The van der Waals surface area contributed by atoms with E-state index in [9.17, 15) is 9.59 Å². The topological polar surface area (TPSA) is 67.4 Å². The maximum atomic E-state index is 11.6. The summed E-state index contributed by atoms with van der Waals surface area (Å²) >= 11 is 1.79. The molecule has 0 fully saturated rings. The molecule has 0 bridgehead atoms. The normalized spacial score (nSPS) is 12.7. The highest BCUT2D eigenvalue weighted by Gasteiger charge is 2.16. The number of carbonyl (C=O) groups excluding carboxylic acids is 2. The summed E-state index contributed by atoms with van der Waals surface area (Å²) < 4.78 is 5.07. The average Bonchev–Trinajstić information content (AvgIpc) is 2.23. The van der Waals surface area contributed by atoms with E-state index in [1.807, 2.05) is 6.92 Å². The molecule has 0 aromatic heterocycles. The number of ether oxygens (including phenoxy) is 1. The van der Waals surface area contributed by atoms with Crippen LogP contribution in [-0.4, -0.2) is 41.7 Å². The first-order valence-electron chi connectivity index (χ1n) is 6.58. The van der Waals surface area contributed by atoms with Crippen LogP contribution in [0, 0.1) is 0 Å². The number of alkyl carbamates (subject to hydrolysis) is 1. The molecule has 0 spiro atoms. The standard InChI is InChI=1S/C13H26N2O3S/c1-6-19-9-10(2)15-11(16)7-8-14-12(17)18-13(3,4)5/h10H,6-9H2,1-5H3,(H,14,17)(H,15,16). The van der Waals surface area contributed by atoms with Gasteiger partial charge < -0.3 is 15.4 Å². The summed E-state index contributed by atoms with van der Waals surface area (Å²) in [5.74, 6) is 1.89. The van der Waals surface area contributed by atoms with Gasteiger partial charge in [-0.05, 0) is 33.4 Å². The van der Waals surface area contributed by atoms with Crippen LogP contribution in [0.1, 0.15) is 41.0 Å². The van der Waals surface area contributed by atoms with Crippen LogP contribution >= 0.6 is 11.8 Å². The van der Waals surface area contributed by atoms with Crippen LogP contribution in [0.3, 0.4) is 0 Å². The highest BCUT2D eigenvalue weighted by molar-refractivity contribution is 7.99. The molecule has 2 amide bonds. The van der Waals surface area contributed by atoms with Crippen LogP contribution in [-0.2, 0) is 9.53 Å². The van der Waals surface area contributed by atoms with Crippen LogP contribution in [0.2, 0.25) is 0 Å². The summed E-state index contributed by atoms with van der Waals surface area (Å²) in [6, 6.07) is 0.152. The zero-order valence-corrected chi connectivity index (χ0v) is 13.4. The Labute approximate surface area is 120 Å². The van der Waals surface area contributed by atoms with Crippen molar-refractivity contribution in [2.45, 2.75) is 52.7 Å². The lowest BCUT2D eigenvalue weighted by molar-refractivity contribution is -0.121. The predicted molar refractivity (Wildman–Crippen MR) is 79.5 cm³/mol. The molecule has 0 aromatic carbocycles. The van der Waals surface area contributed by atoms with Gasteiger partial charge >= 0.3 is 6.09 Å². The molecular formula is C13H26N2O3S. The van der Waals surface area contributed by atoms with E-state index < -0.39 is 11.7 Å². The smallest absolute Gasteiger partial charge is 0.407 e. The maximum Gasteiger partial charge on any atom is 0.407 e. The van der Waals surface area contributed by atoms with Crippen molar-refractivity contribution in [3.05, 3.63) is 0 Å². The van der Waals surface area contributed by atoms with Gasteiger partial charge in [-0.25, -0.2) is 4.79 Å². The summed E-state index contributed by atoms with van der Waals surface area (Å²) in [6.07, 6.45) is -0.227. The van der Waals surface area contributed by atoms with E-state index in [4.69, 9.17) is 4.74 Å². The van der Waals surface area contributed by atoms with E-state index in [-0.39, 0.29) is 24.9 Å². The van der Waals surface area contributed by atoms with Gasteiger partial charge in [-0.3, -0.25) is 4.79 Å². The van der Waals surface area contributed by atoms with Crippen molar-refractivity contribution < 1.29 is 14.3 Å². The molecule has 0 aromatic rings. The molecule has 0 saturated carbocycles. The molecule has 0 saturated heterocycles. The van der Waals surface area contributed by atoms with E-state index >= 15 is 0 Å². The first-order chi connectivity index (χ1) is 8.74. The number of thioether (sulfide) groups is 1. The Kier molecular flexibility index (Phi) is 8.63. The van der Waals surface area contributed by atoms with Gasteiger partial charge in [-0.15, -0.1) is 0 Å². The number of carbonyl (C=O) groups is 2. The lowest BCUT2D eigenvalue weighted by Gasteiger charge is -2.19. The van der Waals surface area contributed by atoms with E-state index in [0.29, 0.717) is 0 Å². The van der Waals surface area contributed by atoms with E-state index in [1.54, 1.807) is 32.5 Å². The zero-order valence-electron chi connectivity index (χ0n) is 12.5. The van der Waals surface area contributed by atoms with Crippen molar-refractivity contribution >= 4 is 23.8 Å². The number of hydrogen-bond donors (Lipinski definition) is 2. The van der Waals surface area contributed by atoms with Crippen LogP contribution in [0.15, 0.2) is 0 Å². The molecule has 5 nitrogen and oxygen atoms in total. The van der Waals surface area contributed by atoms with E-state index in [2.05, 4.69) is 17.6 Å². The first-order valence-corrected chi connectivity index (χ1v) is 7.74. The third kappa shape index (κ3) is 11.9. The van der Waals surface area contributed by atoms with Gasteiger partial charge in [-0.1, -0.05) is 6.92 Å². The van der Waals surface area contributed by atoms with Crippen molar-refractivity contribution in [2.75, 3.05) is 18.1 Å². The summed E-state index contributed by atoms with van der Waals surface area (Å²) in [5.41, 5.74) is -0.516. The average molecular weight is 290 g/mol. The molecule has 0 heterocycles. The van der Waals surface area contributed by atoms with Gasteiger partial charge in [-0.2, -0.15) is 11.8 Å². The third-order valence-corrected chi connectivity index (χ3v) is 3.14. The predicted octanol–water partition coefficient (Wildman–Crippen LogP) is 2.16. The second kappa shape index (κ2) is 9.07. The Morgan fingerprint density at radius 1 is 1.32 bits per heavy atom. The van der Waals surface area contributed by atoms with Crippen molar-refractivity contribution in [3.8, 4) is 0 Å². The molecule has 0 aliphatic heterocycles. The summed E-state index contributed by atoms with van der Waals surface area (Å²) in [7, 11) is 0. The van der Waals surface area contributed by atoms with Crippen LogP contribution in [0.5, 0.6) is 0 Å². The van der Waals surface area contributed by atoms with Gasteiger partial charge in [0.15, 0.2) is 0 Å². The molecule has 0 aliphatic carbocycles. The van der Waals surface area contributed by atoms with Gasteiger partial charge in [0.1, 0.15) is 5.60 Å². The van der Waals surface area contributed by atoms with Crippen molar-refractivity contribution in [1.29, 1.82) is 0 Å². The molecular weight excluding hydrogens is 264 g/mol. The number of hydrogen-bond acceptors (Lipinski definition) is 4. The molecule has 2 N–H and O–H groups in total. The summed E-state index contributed by atoms with van der Waals surface area (Å²) in [5, 5.41) is 5.44. The summed E-state index contributed by atoms with van der Waals surface area (Å²) in [4.78, 5) is 22.9. The third-order valence-electron chi connectivity index (χ3n) is 2.00. The van der Waals surface area contributed by atoms with E-state index in [0.717, 1.165) is 11.5 Å². The fourth-order valence-corrected chi connectivity index (χ4v) is 1.95. The first kappa shape index (κ1) is 18.1. The van der Waals surface area contributed by atoms with Crippen LogP contribution in [0.25, 0.3) is 0 Å². The number of nitrogens with one attached hydrogen (secondary N) is 2. The second-order valence-electron chi connectivity index (χ2n) is 5.31. The monoisotopic (exact) mass is 290 g/mol. The highest BCUT2D eigenvalue weighted by Crippen LogP contribution is 2.06. The molecule has 1 unspecified atom stereocenters. The fraction of sp³-hybridized carbons (Fsp3) is 0.846. The minimum absolute atomic E-state index is 0.0553. The SMILES string of the molecule is CCSCC(C)NC(=O)CCNC(=O)OC(C)(C)C. The van der Waals surface area contributed by atoms with E-state index in [1.165, 1.54) is 0 Å². The zero-order chi connectivity index (χ0) is 14.9. The molecule has 112 valence electrons. The summed E-state index contributed by atoms with van der Waals surface area (Å²) in [6.45, 7) is 9.74. The minimum atomic E-state index is -0.516. The number of rotatable bonds is 7. The van der Waals surface area contributed by atoms with Crippen molar-refractivity contribution in [3.63, 3.8) is 0 Å². The van der Waals surface area contributed by atoms with Gasteiger partial charge in [0.2, 0.25) is 5.91 Å². The van der Waals surface area contributed by atoms with Crippen molar-refractivity contribution in [2.24, 2.45) is 0 Å². The van der Waals surface area contributed by atoms with Gasteiger partial charge in [0, 0.05) is 24.8 Å². The largest absolute Gasteiger partial charge is 0.444 e. The Morgan fingerprint density at radius 2 is 1.95 bits per heavy atom. The molecule has 19 heavy (non-hydrogen) atoms. The fourth-order valence-electron chi connectivity index (χ4n) is 1.28. The molecule has 0 aliphatic rings. The Bertz CT molecular complexity index is 290. The molecule has 0 radical (unpaired) electrons. The van der Waals surface area contributed by atoms with Gasteiger partial charge in [0.05, 0.1) is 0 Å². The minimum Gasteiger partial charge on any atom is -0.444 e. The second-order valence-corrected chi connectivity index (χ2v) is 6.63. The molecule has 6 heteroatoms. The van der Waals surface area contributed by atoms with Gasteiger partial charge in [0.25, 0.3) is 0 Å². The lowest BCUT2D eigenvalue weighted by Crippen LogP contribution is -2.38. The Balaban J connectivity index is 3.71. The van der Waals surface area contributed by atoms with Crippen LogP contribution < -0.4 is 10.6 Å². The maximum absolute atomic E-state index is 11.6. The Morgan fingerprint density at radius 3 is 2.47 bits per heavy atom. The molecule has 0 rings (SSSR count). The van der Waals surface area contributed by atoms with Crippen molar-refractivity contribution in [1.82, 2.24) is 10.6 Å². The lowest BCUT2D eigenvalue weighted by atomic mass is 10.2. The highest BCUT2D eigenvalue weighted by atomic mass is 32.2. The number of amides is 2. The molecule has 1 atom stereocenters. The van der Waals surface area contributed by atoms with Crippen LogP contribution in [0.4, 0.5) is 4.79 Å².